The average molecular weight is 582 g/mol. The lowest BCUT2D eigenvalue weighted by atomic mass is 10.1. The number of anilines is 1. The van der Waals surface area contributed by atoms with E-state index in [9.17, 15) is 18.0 Å². The van der Waals surface area contributed by atoms with Crippen molar-refractivity contribution in [3.05, 3.63) is 83.9 Å². The number of methoxy groups -OCH3 is 2. The number of sulfonamides is 1. The summed E-state index contributed by atoms with van der Waals surface area (Å²) in [6, 6.07) is 19.2. The highest BCUT2D eigenvalue weighted by molar-refractivity contribution is 7.92. The number of nitrogens with one attached hydrogen (secondary N) is 1. The third kappa shape index (κ3) is 8.00. The standard InChI is InChI=1S/C31H39N3O6S/c1-22-12-18-26(19-13-22)41(37,38)34(27-10-8-9-11-28(27)40-7)21-29(35)33(23(2)30(36)32-31(3,4)5)20-24-14-16-25(39-6)17-15-24/h8-19,23H,20-21H2,1-7H3,(H,32,36)/t23-/m0/s1. The smallest absolute Gasteiger partial charge is 0.264 e. The van der Waals surface area contributed by atoms with Gasteiger partial charge in [0.25, 0.3) is 10.0 Å². The zero-order chi connectivity index (χ0) is 30.4. The Labute approximate surface area is 243 Å². The number of rotatable bonds is 11. The molecule has 41 heavy (non-hydrogen) atoms. The fraction of sp³-hybridized carbons (Fsp3) is 0.355. The monoisotopic (exact) mass is 581 g/mol. The number of carbonyl (C=O) groups is 2. The molecule has 0 aromatic heterocycles. The summed E-state index contributed by atoms with van der Waals surface area (Å²) in [5, 5.41) is 2.92. The Balaban J connectivity index is 2.07. The molecule has 0 aliphatic rings. The molecule has 3 aromatic rings. The highest BCUT2D eigenvalue weighted by Crippen LogP contribution is 2.32. The molecule has 0 aliphatic carbocycles. The Morgan fingerprint density at radius 2 is 1.51 bits per heavy atom. The maximum absolute atomic E-state index is 14.1. The number of ether oxygens (including phenoxy) is 2. The fourth-order valence-corrected chi connectivity index (χ4v) is 5.60. The Morgan fingerprint density at radius 1 is 0.902 bits per heavy atom. The van der Waals surface area contributed by atoms with E-state index in [0.717, 1.165) is 15.4 Å². The van der Waals surface area contributed by atoms with Gasteiger partial charge >= 0.3 is 0 Å². The second-order valence-electron chi connectivity index (χ2n) is 10.8. The van der Waals surface area contributed by atoms with Crippen LogP contribution < -0.4 is 19.1 Å². The number of benzene rings is 3. The van der Waals surface area contributed by atoms with E-state index in [-0.39, 0.29) is 28.8 Å². The van der Waals surface area contributed by atoms with Gasteiger partial charge in [-0.1, -0.05) is 42.0 Å². The molecular formula is C31H39N3O6S. The van der Waals surface area contributed by atoms with Gasteiger partial charge in [-0.05, 0) is 76.6 Å². The molecule has 1 atom stereocenters. The van der Waals surface area contributed by atoms with Crippen LogP contribution in [-0.4, -0.2) is 57.5 Å². The van der Waals surface area contributed by atoms with Crippen molar-refractivity contribution in [2.45, 2.75) is 57.6 Å². The lowest BCUT2D eigenvalue weighted by Crippen LogP contribution is -2.54. The molecule has 3 aromatic carbocycles. The summed E-state index contributed by atoms with van der Waals surface area (Å²) >= 11 is 0. The first-order chi connectivity index (χ1) is 19.3. The van der Waals surface area contributed by atoms with Gasteiger partial charge in [-0.3, -0.25) is 13.9 Å². The van der Waals surface area contributed by atoms with E-state index in [2.05, 4.69) is 5.32 Å². The van der Waals surface area contributed by atoms with Gasteiger partial charge in [0.15, 0.2) is 0 Å². The molecule has 0 spiro atoms. The van der Waals surface area contributed by atoms with Crippen molar-refractivity contribution in [2.24, 2.45) is 0 Å². The molecule has 9 nitrogen and oxygen atoms in total. The van der Waals surface area contributed by atoms with Gasteiger partial charge in [-0.25, -0.2) is 8.42 Å². The van der Waals surface area contributed by atoms with Crippen LogP contribution in [0.25, 0.3) is 0 Å². The van der Waals surface area contributed by atoms with Crippen molar-refractivity contribution >= 4 is 27.5 Å². The number of amides is 2. The second kappa shape index (κ2) is 13.1. The van der Waals surface area contributed by atoms with Gasteiger partial charge in [0, 0.05) is 12.1 Å². The average Bonchev–Trinajstić information content (AvgIpc) is 2.93. The van der Waals surface area contributed by atoms with E-state index < -0.39 is 34.1 Å². The number of aryl methyl sites for hydroxylation is 1. The molecule has 0 fully saturated rings. The van der Waals surface area contributed by atoms with Gasteiger partial charge in [0.2, 0.25) is 11.8 Å². The van der Waals surface area contributed by atoms with E-state index in [1.165, 1.54) is 24.1 Å². The highest BCUT2D eigenvalue weighted by atomic mass is 32.2. The molecule has 1 N–H and O–H groups in total. The summed E-state index contributed by atoms with van der Waals surface area (Å²) in [7, 11) is -1.20. The van der Waals surface area contributed by atoms with Crippen LogP contribution in [0.4, 0.5) is 5.69 Å². The van der Waals surface area contributed by atoms with Crippen molar-refractivity contribution in [2.75, 3.05) is 25.1 Å². The summed E-state index contributed by atoms with van der Waals surface area (Å²) in [5.74, 6) is 0.0245. The maximum Gasteiger partial charge on any atom is 0.264 e. The zero-order valence-electron chi connectivity index (χ0n) is 24.7. The normalized spacial score (nSPS) is 12.3. The molecule has 220 valence electrons. The van der Waals surface area contributed by atoms with Gasteiger partial charge in [-0.2, -0.15) is 0 Å². The number of hydrogen-bond acceptors (Lipinski definition) is 6. The second-order valence-corrected chi connectivity index (χ2v) is 12.6. The molecule has 10 heteroatoms. The third-order valence-corrected chi connectivity index (χ3v) is 8.19. The van der Waals surface area contributed by atoms with Crippen LogP contribution in [0.2, 0.25) is 0 Å². The van der Waals surface area contributed by atoms with Crippen LogP contribution in [-0.2, 0) is 26.2 Å². The zero-order valence-corrected chi connectivity index (χ0v) is 25.5. The molecule has 0 radical (unpaired) electrons. The first-order valence-corrected chi connectivity index (χ1v) is 14.7. The first kappa shape index (κ1) is 31.5. The quantitative estimate of drug-likeness (QED) is 0.357. The summed E-state index contributed by atoms with van der Waals surface area (Å²) < 4.78 is 39.7. The molecule has 0 aliphatic heterocycles. The van der Waals surface area contributed by atoms with E-state index in [4.69, 9.17) is 9.47 Å². The van der Waals surface area contributed by atoms with Crippen molar-refractivity contribution in [1.82, 2.24) is 10.2 Å². The molecule has 0 unspecified atom stereocenters. The minimum atomic E-state index is -4.20. The molecule has 0 bridgehead atoms. The number of para-hydroxylation sites is 2. The number of carbonyl (C=O) groups excluding carboxylic acids is 2. The van der Waals surface area contributed by atoms with Crippen LogP contribution >= 0.6 is 0 Å². The van der Waals surface area contributed by atoms with Crippen LogP contribution in [0.5, 0.6) is 11.5 Å². The van der Waals surface area contributed by atoms with Crippen molar-refractivity contribution in [3.8, 4) is 11.5 Å². The van der Waals surface area contributed by atoms with Crippen molar-refractivity contribution in [1.29, 1.82) is 0 Å². The number of hydrogen-bond donors (Lipinski definition) is 1. The Morgan fingerprint density at radius 3 is 2.07 bits per heavy atom. The lowest BCUT2D eigenvalue weighted by molar-refractivity contribution is -0.140. The van der Waals surface area contributed by atoms with Crippen LogP contribution in [0.15, 0.2) is 77.7 Å². The maximum atomic E-state index is 14.1. The molecule has 2 amide bonds. The van der Waals surface area contributed by atoms with Gasteiger partial charge < -0.3 is 19.7 Å². The molecule has 0 saturated heterocycles. The van der Waals surface area contributed by atoms with E-state index in [1.54, 1.807) is 74.7 Å². The topological polar surface area (TPSA) is 105 Å². The fourth-order valence-electron chi connectivity index (χ4n) is 4.17. The molecule has 0 saturated carbocycles. The van der Waals surface area contributed by atoms with Crippen molar-refractivity contribution < 1.29 is 27.5 Å². The highest BCUT2D eigenvalue weighted by Gasteiger charge is 2.34. The number of nitrogens with zero attached hydrogens (tertiary/aromatic N) is 2. The predicted octanol–water partition coefficient (Wildman–Crippen LogP) is 4.54. The van der Waals surface area contributed by atoms with Crippen molar-refractivity contribution in [3.63, 3.8) is 0 Å². The Bertz CT molecular complexity index is 1450. The van der Waals surface area contributed by atoms with Gasteiger partial charge in [-0.15, -0.1) is 0 Å². The minimum Gasteiger partial charge on any atom is -0.497 e. The minimum absolute atomic E-state index is 0.0297. The molecular weight excluding hydrogens is 542 g/mol. The predicted molar refractivity (Wildman–Crippen MR) is 160 cm³/mol. The summed E-state index contributed by atoms with van der Waals surface area (Å²) in [6.07, 6.45) is 0. The van der Waals surface area contributed by atoms with Gasteiger partial charge in [0.1, 0.15) is 24.1 Å². The SMILES string of the molecule is COc1ccc(CN(C(=O)CN(c2ccccc2OC)S(=O)(=O)c2ccc(C)cc2)[C@@H](C)C(=O)NC(C)(C)C)cc1. The lowest BCUT2D eigenvalue weighted by Gasteiger charge is -2.33. The molecule has 0 heterocycles. The van der Waals surface area contributed by atoms with Crippen LogP contribution in [0.1, 0.15) is 38.8 Å². The van der Waals surface area contributed by atoms with Gasteiger partial charge in [0.05, 0.1) is 24.8 Å². The Kier molecular flexibility index (Phi) is 10.0. The summed E-state index contributed by atoms with van der Waals surface area (Å²) in [6.45, 7) is 8.57. The molecule has 3 rings (SSSR count). The summed E-state index contributed by atoms with van der Waals surface area (Å²) in [5.41, 5.74) is 1.33. The van der Waals surface area contributed by atoms with E-state index >= 15 is 0 Å². The summed E-state index contributed by atoms with van der Waals surface area (Å²) in [4.78, 5) is 28.7. The van der Waals surface area contributed by atoms with E-state index in [1.807, 2.05) is 27.7 Å². The first-order valence-electron chi connectivity index (χ1n) is 13.2. The van der Waals surface area contributed by atoms with E-state index in [0.29, 0.717) is 5.75 Å². The largest absolute Gasteiger partial charge is 0.497 e. The third-order valence-electron chi connectivity index (χ3n) is 6.42. The van der Waals surface area contributed by atoms with Crippen LogP contribution in [0.3, 0.4) is 0 Å². The van der Waals surface area contributed by atoms with Crippen LogP contribution in [0, 0.1) is 6.92 Å². The Hall–Kier alpha value is -4.05.